The summed E-state index contributed by atoms with van der Waals surface area (Å²) in [5, 5.41) is 9.51. The molecule has 21 heavy (non-hydrogen) atoms. The summed E-state index contributed by atoms with van der Waals surface area (Å²) in [5.74, 6) is -0.791. The summed E-state index contributed by atoms with van der Waals surface area (Å²) in [6.45, 7) is 7.00. The van der Waals surface area contributed by atoms with Crippen molar-refractivity contribution in [2.24, 2.45) is 5.41 Å². The first-order valence-corrected chi connectivity index (χ1v) is 8.37. The van der Waals surface area contributed by atoms with Crippen molar-refractivity contribution in [2.75, 3.05) is 13.1 Å². The first-order valence-electron chi connectivity index (χ1n) is 7.55. The molecule has 2 rings (SSSR count). The Bertz CT molecular complexity index is 552. The van der Waals surface area contributed by atoms with Gasteiger partial charge in [-0.05, 0) is 44.2 Å². The van der Waals surface area contributed by atoms with Crippen molar-refractivity contribution in [1.82, 2.24) is 4.90 Å². The maximum atomic E-state index is 12.7. The van der Waals surface area contributed by atoms with Crippen LogP contribution in [0.3, 0.4) is 0 Å². The molecule has 1 fully saturated rings. The number of amides is 1. The standard InChI is InChI=1S/C16H23NO3S/c1-4-12-9-13(21-11(12)3)14(18)17-8-6-7-16(5-2,10-17)15(19)20/h9H,4-8,10H2,1-3H3,(H,19,20). The molecule has 1 atom stereocenters. The molecule has 0 radical (unpaired) electrons. The van der Waals surface area contributed by atoms with Crippen LogP contribution in [-0.4, -0.2) is 35.0 Å². The zero-order valence-corrected chi connectivity index (χ0v) is 13.8. The lowest BCUT2D eigenvalue weighted by molar-refractivity contribution is -0.152. The van der Waals surface area contributed by atoms with Gasteiger partial charge >= 0.3 is 5.97 Å². The molecule has 1 aromatic heterocycles. The molecular formula is C16H23NO3S. The Morgan fingerprint density at radius 1 is 1.43 bits per heavy atom. The number of hydrogen-bond donors (Lipinski definition) is 1. The van der Waals surface area contributed by atoms with Crippen molar-refractivity contribution in [1.29, 1.82) is 0 Å². The van der Waals surface area contributed by atoms with E-state index < -0.39 is 11.4 Å². The van der Waals surface area contributed by atoms with Crippen LogP contribution in [0.2, 0.25) is 0 Å². The number of carbonyl (C=O) groups is 2. The van der Waals surface area contributed by atoms with Gasteiger partial charge in [-0.1, -0.05) is 13.8 Å². The fraction of sp³-hybridized carbons (Fsp3) is 0.625. The van der Waals surface area contributed by atoms with Crippen molar-refractivity contribution >= 4 is 23.2 Å². The molecule has 0 bridgehead atoms. The van der Waals surface area contributed by atoms with Gasteiger partial charge in [0.05, 0.1) is 10.3 Å². The number of likely N-dealkylation sites (tertiary alicyclic amines) is 1. The second-order valence-electron chi connectivity index (χ2n) is 5.81. The Kier molecular flexibility index (Phi) is 4.71. The molecule has 1 unspecified atom stereocenters. The second kappa shape index (κ2) is 6.18. The number of aryl methyl sites for hydroxylation is 2. The summed E-state index contributed by atoms with van der Waals surface area (Å²) in [6.07, 6.45) is 2.91. The minimum Gasteiger partial charge on any atom is -0.481 e. The Balaban J connectivity index is 2.20. The number of rotatable bonds is 4. The molecule has 0 saturated carbocycles. The second-order valence-corrected chi connectivity index (χ2v) is 7.07. The SMILES string of the molecule is CCc1cc(C(=O)N2CCCC(CC)(C(=O)O)C2)sc1C. The van der Waals surface area contributed by atoms with Gasteiger partial charge in [0, 0.05) is 18.0 Å². The zero-order valence-electron chi connectivity index (χ0n) is 12.9. The van der Waals surface area contributed by atoms with Crippen LogP contribution in [-0.2, 0) is 11.2 Å². The van der Waals surface area contributed by atoms with E-state index in [1.165, 1.54) is 21.8 Å². The highest BCUT2D eigenvalue weighted by atomic mass is 32.1. The fourth-order valence-corrected chi connectivity index (χ4v) is 4.13. The van der Waals surface area contributed by atoms with E-state index in [2.05, 4.69) is 6.92 Å². The van der Waals surface area contributed by atoms with Gasteiger partial charge in [-0.25, -0.2) is 0 Å². The van der Waals surface area contributed by atoms with Gasteiger partial charge in [-0.15, -0.1) is 11.3 Å². The average Bonchev–Trinajstić information content (AvgIpc) is 2.87. The van der Waals surface area contributed by atoms with Gasteiger partial charge in [0.2, 0.25) is 0 Å². The maximum absolute atomic E-state index is 12.7. The molecule has 116 valence electrons. The molecule has 1 amide bonds. The van der Waals surface area contributed by atoms with Gasteiger partial charge in [0.25, 0.3) is 5.91 Å². The molecular weight excluding hydrogens is 286 g/mol. The summed E-state index contributed by atoms with van der Waals surface area (Å²) in [4.78, 5) is 27.9. The van der Waals surface area contributed by atoms with Crippen molar-refractivity contribution < 1.29 is 14.7 Å². The maximum Gasteiger partial charge on any atom is 0.311 e. The van der Waals surface area contributed by atoms with Gasteiger partial charge in [0.1, 0.15) is 0 Å². The van der Waals surface area contributed by atoms with E-state index in [1.807, 2.05) is 19.9 Å². The van der Waals surface area contributed by atoms with Crippen LogP contribution in [0.15, 0.2) is 6.07 Å². The largest absolute Gasteiger partial charge is 0.481 e. The number of carboxylic acids is 1. The van der Waals surface area contributed by atoms with E-state index in [0.29, 0.717) is 25.9 Å². The number of aliphatic carboxylic acids is 1. The summed E-state index contributed by atoms with van der Waals surface area (Å²) in [5.41, 5.74) is 0.439. The topological polar surface area (TPSA) is 57.6 Å². The smallest absolute Gasteiger partial charge is 0.311 e. The predicted octanol–water partition coefficient (Wildman–Crippen LogP) is 3.34. The molecule has 1 N–H and O–H groups in total. The summed E-state index contributed by atoms with van der Waals surface area (Å²) in [7, 11) is 0. The molecule has 0 aliphatic carbocycles. The molecule has 1 saturated heterocycles. The van der Waals surface area contributed by atoms with Crippen LogP contribution >= 0.6 is 11.3 Å². The number of carboxylic acid groups (broad SMARTS) is 1. The Morgan fingerprint density at radius 3 is 2.67 bits per heavy atom. The summed E-state index contributed by atoms with van der Waals surface area (Å²) >= 11 is 1.52. The number of carbonyl (C=O) groups excluding carboxylic acids is 1. The van der Waals surface area contributed by atoms with Crippen LogP contribution < -0.4 is 0 Å². The van der Waals surface area contributed by atoms with Crippen LogP contribution in [0.4, 0.5) is 0 Å². The van der Waals surface area contributed by atoms with Crippen LogP contribution in [0, 0.1) is 12.3 Å². The minimum atomic E-state index is -0.779. The van der Waals surface area contributed by atoms with Crippen molar-refractivity contribution in [2.45, 2.75) is 46.5 Å². The third-order valence-electron chi connectivity index (χ3n) is 4.61. The van der Waals surface area contributed by atoms with Crippen LogP contribution in [0.1, 0.15) is 53.2 Å². The number of hydrogen-bond acceptors (Lipinski definition) is 3. The van der Waals surface area contributed by atoms with E-state index in [0.717, 1.165) is 17.7 Å². The van der Waals surface area contributed by atoms with Gasteiger partial charge in [-0.2, -0.15) is 0 Å². The third-order valence-corrected chi connectivity index (χ3v) is 5.69. The minimum absolute atomic E-state index is 0.0124. The highest BCUT2D eigenvalue weighted by Crippen LogP contribution is 2.35. The molecule has 1 aromatic rings. The molecule has 2 heterocycles. The predicted molar refractivity (Wildman–Crippen MR) is 83.9 cm³/mol. The summed E-state index contributed by atoms with van der Waals surface area (Å²) < 4.78 is 0. The van der Waals surface area contributed by atoms with Gasteiger partial charge < -0.3 is 10.0 Å². The molecule has 1 aliphatic rings. The number of thiophene rings is 1. The lowest BCUT2D eigenvalue weighted by Gasteiger charge is -2.39. The Hall–Kier alpha value is -1.36. The van der Waals surface area contributed by atoms with Crippen LogP contribution in [0.25, 0.3) is 0 Å². The highest BCUT2D eigenvalue weighted by Gasteiger charge is 2.42. The first kappa shape index (κ1) is 16.0. The van der Waals surface area contributed by atoms with Gasteiger partial charge in [-0.3, -0.25) is 9.59 Å². The Morgan fingerprint density at radius 2 is 2.14 bits per heavy atom. The van der Waals surface area contributed by atoms with Gasteiger partial charge in [0.15, 0.2) is 0 Å². The van der Waals surface area contributed by atoms with E-state index in [1.54, 1.807) is 4.90 Å². The van der Waals surface area contributed by atoms with E-state index in [-0.39, 0.29) is 5.91 Å². The normalized spacial score (nSPS) is 22.3. The highest BCUT2D eigenvalue weighted by molar-refractivity contribution is 7.14. The molecule has 5 heteroatoms. The van der Waals surface area contributed by atoms with E-state index in [9.17, 15) is 14.7 Å². The lowest BCUT2D eigenvalue weighted by Crippen LogP contribution is -2.49. The fourth-order valence-electron chi connectivity index (χ4n) is 3.05. The number of nitrogens with zero attached hydrogens (tertiary/aromatic N) is 1. The monoisotopic (exact) mass is 309 g/mol. The van der Waals surface area contributed by atoms with Crippen LogP contribution in [0.5, 0.6) is 0 Å². The molecule has 0 spiro atoms. The van der Waals surface area contributed by atoms with Crippen molar-refractivity contribution in [3.8, 4) is 0 Å². The molecule has 1 aliphatic heterocycles. The number of piperidine rings is 1. The third kappa shape index (κ3) is 2.98. The van der Waals surface area contributed by atoms with E-state index >= 15 is 0 Å². The Labute approximate surface area is 129 Å². The zero-order chi connectivity index (χ0) is 15.6. The molecule has 0 aromatic carbocycles. The van der Waals surface area contributed by atoms with Crippen molar-refractivity contribution in [3.63, 3.8) is 0 Å². The lowest BCUT2D eigenvalue weighted by atomic mass is 9.77. The molecule has 4 nitrogen and oxygen atoms in total. The summed E-state index contributed by atoms with van der Waals surface area (Å²) in [6, 6.07) is 1.96. The average molecular weight is 309 g/mol. The quantitative estimate of drug-likeness (QED) is 0.928. The van der Waals surface area contributed by atoms with Crippen molar-refractivity contribution in [3.05, 3.63) is 21.4 Å². The first-order chi connectivity index (χ1) is 9.93. The van der Waals surface area contributed by atoms with E-state index in [4.69, 9.17) is 0 Å².